The molecule has 1 aromatic carbocycles. The number of amides is 2. The van der Waals surface area contributed by atoms with Gasteiger partial charge >= 0.3 is 12.0 Å². The lowest BCUT2D eigenvalue weighted by atomic mass is 10.0. The number of urea groups is 1. The van der Waals surface area contributed by atoms with E-state index in [1.54, 1.807) is 16.8 Å². The van der Waals surface area contributed by atoms with E-state index in [0.29, 0.717) is 19.7 Å². The highest BCUT2D eigenvalue weighted by Gasteiger charge is 2.39. The maximum atomic E-state index is 12.8. The number of likely N-dealkylation sites (N-methyl/N-ethyl adjacent to an activating group) is 1. The summed E-state index contributed by atoms with van der Waals surface area (Å²) in [5.41, 5.74) is 0.731. The highest BCUT2D eigenvalue weighted by atomic mass is 16.5. The predicted molar refractivity (Wildman–Crippen MR) is 90.9 cm³/mol. The van der Waals surface area contributed by atoms with E-state index >= 15 is 0 Å². The molecule has 1 atom stereocenters. The summed E-state index contributed by atoms with van der Waals surface area (Å²) in [6.07, 6.45) is 0.238. The van der Waals surface area contributed by atoms with Crippen LogP contribution in [-0.4, -0.2) is 65.3 Å². The van der Waals surface area contributed by atoms with Crippen LogP contribution in [0.5, 0.6) is 0 Å². The minimum absolute atomic E-state index is 0.0883. The highest BCUT2D eigenvalue weighted by molar-refractivity contribution is 5.75. The first-order valence-electron chi connectivity index (χ1n) is 8.19. The third-order valence-corrected chi connectivity index (χ3v) is 4.33. The van der Waals surface area contributed by atoms with Crippen molar-refractivity contribution < 1.29 is 19.4 Å². The molecule has 0 bridgehead atoms. The van der Waals surface area contributed by atoms with Crippen LogP contribution in [0.1, 0.15) is 25.8 Å². The number of aliphatic carboxylic acids is 1. The second-order valence-corrected chi connectivity index (χ2v) is 6.89. The normalized spacial score (nSPS) is 19.8. The van der Waals surface area contributed by atoms with Gasteiger partial charge in [0.25, 0.3) is 0 Å². The summed E-state index contributed by atoms with van der Waals surface area (Å²) in [4.78, 5) is 27.1. The lowest BCUT2D eigenvalue weighted by Gasteiger charge is -2.46. The van der Waals surface area contributed by atoms with Crippen molar-refractivity contribution in [1.29, 1.82) is 0 Å². The van der Waals surface area contributed by atoms with E-state index in [2.05, 4.69) is 0 Å². The van der Waals surface area contributed by atoms with Gasteiger partial charge in [-0.25, -0.2) is 4.79 Å². The standard InChI is InChI=1S/C18H26N2O4/c1-18(2)13-24-15(11-16(21)22)12-20(18)17(23)19(3)10-9-14-7-5-4-6-8-14/h4-8,15H,9-13H2,1-3H3,(H,21,22). The molecule has 6 nitrogen and oxygen atoms in total. The third-order valence-electron chi connectivity index (χ3n) is 4.33. The third kappa shape index (κ3) is 4.71. The molecular weight excluding hydrogens is 308 g/mol. The number of ether oxygens (including phenoxy) is 1. The van der Waals surface area contributed by atoms with Crippen molar-refractivity contribution in [2.24, 2.45) is 0 Å². The van der Waals surface area contributed by atoms with Crippen LogP contribution in [0.3, 0.4) is 0 Å². The number of nitrogens with zero attached hydrogens (tertiary/aromatic N) is 2. The Morgan fingerprint density at radius 2 is 2.00 bits per heavy atom. The van der Waals surface area contributed by atoms with Crippen LogP contribution in [0.2, 0.25) is 0 Å². The van der Waals surface area contributed by atoms with Crippen molar-refractivity contribution >= 4 is 12.0 Å². The van der Waals surface area contributed by atoms with Crippen LogP contribution in [0.25, 0.3) is 0 Å². The van der Waals surface area contributed by atoms with Crippen LogP contribution in [0.15, 0.2) is 30.3 Å². The van der Waals surface area contributed by atoms with Crippen molar-refractivity contribution in [2.45, 2.75) is 38.3 Å². The first-order valence-corrected chi connectivity index (χ1v) is 8.19. The summed E-state index contributed by atoms with van der Waals surface area (Å²) in [7, 11) is 1.78. The molecule has 132 valence electrons. The summed E-state index contributed by atoms with van der Waals surface area (Å²) in [5, 5.41) is 8.95. The Labute approximate surface area is 143 Å². The largest absolute Gasteiger partial charge is 0.481 e. The molecule has 1 aromatic rings. The topological polar surface area (TPSA) is 70.1 Å². The number of hydrogen-bond donors (Lipinski definition) is 1. The monoisotopic (exact) mass is 334 g/mol. The first kappa shape index (κ1) is 18.3. The van der Waals surface area contributed by atoms with Gasteiger partial charge in [-0.05, 0) is 25.8 Å². The molecule has 0 spiro atoms. The van der Waals surface area contributed by atoms with Crippen molar-refractivity contribution in [3.63, 3.8) is 0 Å². The van der Waals surface area contributed by atoms with Crippen LogP contribution in [0, 0.1) is 0 Å². The zero-order valence-electron chi connectivity index (χ0n) is 14.6. The molecule has 1 unspecified atom stereocenters. The Morgan fingerprint density at radius 3 is 2.62 bits per heavy atom. The van der Waals surface area contributed by atoms with Gasteiger partial charge in [0, 0.05) is 20.1 Å². The fourth-order valence-electron chi connectivity index (χ4n) is 2.80. The molecule has 0 aliphatic carbocycles. The summed E-state index contributed by atoms with van der Waals surface area (Å²) >= 11 is 0. The van der Waals surface area contributed by atoms with Crippen molar-refractivity contribution in [1.82, 2.24) is 9.80 Å². The molecule has 24 heavy (non-hydrogen) atoms. The number of benzene rings is 1. The molecule has 1 heterocycles. The fraction of sp³-hybridized carbons (Fsp3) is 0.556. The van der Waals surface area contributed by atoms with Crippen LogP contribution >= 0.6 is 0 Å². The lowest BCUT2D eigenvalue weighted by molar-refractivity contribution is -0.145. The van der Waals surface area contributed by atoms with E-state index in [-0.39, 0.29) is 12.5 Å². The molecule has 1 saturated heterocycles. The Hall–Kier alpha value is -2.08. The maximum Gasteiger partial charge on any atom is 0.320 e. The number of carboxylic acids is 1. The highest BCUT2D eigenvalue weighted by Crippen LogP contribution is 2.24. The van der Waals surface area contributed by atoms with Gasteiger partial charge in [0.1, 0.15) is 0 Å². The fourth-order valence-corrected chi connectivity index (χ4v) is 2.80. The molecule has 1 fully saturated rings. The molecule has 1 aliphatic heterocycles. The molecular formula is C18H26N2O4. The number of carbonyl (C=O) groups excluding carboxylic acids is 1. The minimum Gasteiger partial charge on any atom is -0.481 e. The van der Waals surface area contributed by atoms with Crippen molar-refractivity contribution in [3.8, 4) is 0 Å². The van der Waals surface area contributed by atoms with E-state index in [0.717, 1.165) is 6.42 Å². The van der Waals surface area contributed by atoms with Gasteiger partial charge in [0.2, 0.25) is 0 Å². The molecule has 6 heteroatoms. The van der Waals surface area contributed by atoms with Gasteiger partial charge in [-0.2, -0.15) is 0 Å². The maximum absolute atomic E-state index is 12.8. The molecule has 0 radical (unpaired) electrons. The van der Waals surface area contributed by atoms with Crippen LogP contribution in [0.4, 0.5) is 4.79 Å². The summed E-state index contributed by atoms with van der Waals surface area (Å²) in [6, 6.07) is 9.93. The molecule has 2 rings (SSSR count). The zero-order chi connectivity index (χ0) is 17.7. The molecule has 0 aromatic heterocycles. The van der Waals surface area contributed by atoms with Gasteiger partial charge in [0.05, 0.1) is 24.7 Å². The quantitative estimate of drug-likeness (QED) is 0.896. The van der Waals surface area contributed by atoms with Gasteiger partial charge in [0.15, 0.2) is 0 Å². The van der Waals surface area contributed by atoms with Gasteiger partial charge in [-0.1, -0.05) is 30.3 Å². The second-order valence-electron chi connectivity index (χ2n) is 6.89. The van der Waals surface area contributed by atoms with Crippen LogP contribution in [-0.2, 0) is 16.0 Å². The molecule has 2 amide bonds. The average Bonchev–Trinajstić information content (AvgIpc) is 2.54. The van der Waals surface area contributed by atoms with E-state index in [9.17, 15) is 9.59 Å². The summed E-state index contributed by atoms with van der Waals surface area (Å²) < 4.78 is 5.60. The Bertz CT molecular complexity index is 574. The zero-order valence-corrected chi connectivity index (χ0v) is 14.6. The summed E-state index contributed by atoms with van der Waals surface area (Å²) in [5.74, 6) is -0.912. The van der Waals surface area contributed by atoms with Gasteiger partial charge < -0.3 is 19.6 Å². The Balaban J connectivity index is 1.97. The summed E-state index contributed by atoms with van der Waals surface area (Å²) in [6.45, 7) is 5.12. The number of hydrogen-bond acceptors (Lipinski definition) is 3. The van der Waals surface area contributed by atoms with Crippen LogP contribution < -0.4 is 0 Å². The van der Waals surface area contributed by atoms with E-state index in [1.165, 1.54) is 5.56 Å². The van der Waals surface area contributed by atoms with Gasteiger partial charge in [-0.15, -0.1) is 0 Å². The first-order chi connectivity index (χ1) is 11.3. The van der Waals surface area contributed by atoms with E-state index in [1.807, 2.05) is 44.2 Å². The predicted octanol–water partition coefficient (Wildman–Crippen LogP) is 2.24. The Morgan fingerprint density at radius 1 is 1.33 bits per heavy atom. The number of carboxylic acid groups (broad SMARTS) is 1. The van der Waals surface area contributed by atoms with Crippen molar-refractivity contribution in [2.75, 3.05) is 26.7 Å². The molecule has 1 aliphatic rings. The number of morpholine rings is 1. The average molecular weight is 334 g/mol. The number of rotatable bonds is 5. The smallest absolute Gasteiger partial charge is 0.320 e. The van der Waals surface area contributed by atoms with Gasteiger partial charge in [-0.3, -0.25) is 4.79 Å². The Kier molecular flexibility index (Phi) is 5.83. The SMILES string of the molecule is CN(CCc1ccccc1)C(=O)N1CC(CC(=O)O)OCC1(C)C. The molecule has 1 N–H and O–H groups in total. The molecule has 0 saturated carbocycles. The van der Waals surface area contributed by atoms with Crippen molar-refractivity contribution in [3.05, 3.63) is 35.9 Å². The van der Waals surface area contributed by atoms with E-state index in [4.69, 9.17) is 9.84 Å². The number of carbonyl (C=O) groups is 2. The second kappa shape index (κ2) is 7.66. The lowest BCUT2D eigenvalue weighted by Crippen LogP contribution is -2.61. The van der Waals surface area contributed by atoms with E-state index < -0.39 is 17.6 Å². The minimum atomic E-state index is -0.912.